The van der Waals surface area contributed by atoms with Gasteiger partial charge in [-0.05, 0) is 19.1 Å². The largest absolute Gasteiger partial charge is 0.489 e. The molecule has 1 N–H and O–H groups in total. The number of carboxylic acid groups (broad SMARTS) is 1. The van der Waals surface area contributed by atoms with Gasteiger partial charge in [0.2, 0.25) is 0 Å². The predicted octanol–water partition coefficient (Wildman–Crippen LogP) is 2.19. The first kappa shape index (κ1) is 15.8. The lowest BCUT2D eigenvalue weighted by Gasteiger charge is -2.21. The van der Waals surface area contributed by atoms with Crippen LogP contribution >= 0.6 is 0 Å². The number of hydrogen-bond acceptors (Lipinski definition) is 3. The number of ether oxygens (including phenoxy) is 1. The molecule has 5 nitrogen and oxygen atoms in total. The molecule has 0 unspecified atom stereocenters. The molecule has 1 aromatic rings. The molecule has 0 atom stereocenters. The Labute approximate surface area is 118 Å². The zero-order valence-electron chi connectivity index (χ0n) is 11.5. The Morgan fingerprint density at radius 2 is 2.10 bits per heavy atom. The monoisotopic (exact) mass is 277 g/mol. The molecule has 1 rings (SSSR count). The van der Waals surface area contributed by atoms with Crippen molar-refractivity contribution in [3.63, 3.8) is 0 Å². The molecule has 20 heavy (non-hydrogen) atoms. The lowest BCUT2D eigenvalue weighted by molar-refractivity contribution is -0.137. The van der Waals surface area contributed by atoms with Crippen molar-refractivity contribution in [3.8, 4) is 5.75 Å². The Bertz CT molecular complexity index is 485. The summed E-state index contributed by atoms with van der Waals surface area (Å²) in [5, 5.41) is 8.71. The number of carbonyl (C=O) groups is 2. The Morgan fingerprint density at radius 3 is 2.70 bits per heavy atom. The smallest absolute Gasteiger partial charge is 0.305 e. The summed E-state index contributed by atoms with van der Waals surface area (Å²) >= 11 is 0. The van der Waals surface area contributed by atoms with Gasteiger partial charge in [0.1, 0.15) is 12.4 Å². The second-order valence-corrected chi connectivity index (χ2v) is 4.12. The van der Waals surface area contributed by atoms with Gasteiger partial charge < -0.3 is 14.7 Å². The van der Waals surface area contributed by atoms with Crippen molar-refractivity contribution in [1.82, 2.24) is 4.90 Å². The highest BCUT2D eigenvalue weighted by atomic mass is 16.5. The van der Waals surface area contributed by atoms with Gasteiger partial charge in [-0.1, -0.05) is 24.8 Å². The fourth-order valence-corrected chi connectivity index (χ4v) is 1.72. The van der Waals surface area contributed by atoms with E-state index in [1.54, 1.807) is 30.3 Å². The maximum Gasteiger partial charge on any atom is 0.305 e. The molecule has 0 saturated carbocycles. The number of carboxylic acids is 1. The van der Waals surface area contributed by atoms with Crippen LogP contribution in [0.15, 0.2) is 36.9 Å². The fraction of sp³-hybridized carbons (Fsp3) is 0.333. The Morgan fingerprint density at radius 1 is 1.40 bits per heavy atom. The van der Waals surface area contributed by atoms with Crippen LogP contribution in [0.25, 0.3) is 0 Å². The number of nitrogens with zero attached hydrogens (tertiary/aromatic N) is 1. The Balaban J connectivity index is 2.88. The number of hydrogen-bond donors (Lipinski definition) is 1. The van der Waals surface area contributed by atoms with Crippen molar-refractivity contribution in [2.24, 2.45) is 0 Å². The lowest BCUT2D eigenvalue weighted by atomic mass is 10.1. The van der Waals surface area contributed by atoms with E-state index in [1.807, 2.05) is 6.92 Å². The molecule has 0 aliphatic carbocycles. The van der Waals surface area contributed by atoms with E-state index in [0.29, 0.717) is 24.5 Å². The molecule has 5 heteroatoms. The summed E-state index contributed by atoms with van der Waals surface area (Å²) in [6.45, 7) is 6.32. The van der Waals surface area contributed by atoms with Crippen LogP contribution in [0, 0.1) is 0 Å². The maximum absolute atomic E-state index is 12.4. The second-order valence-electron chi connectivity index (χ2n) is 4.12. The minimum absolute atomic E-state index is 0.0741. The van der Waals surface area contributed by atoms with Crippen LogP contribution < -0.4 is 4.74 Å². The van der Waals surface area contributed by atoms with E-state index in [0.717, 1.165) is 0 Å². The number of para-hydroxylation sites is 1. The van der Waals surface area contributed by atoms with Gasteiger partial charge in [0, 0.05) is 13.1 Å². The minimum Gasteiger partial charge on any atom is -0.489 e. The van der Waals surface area contributed by atoms with Gasteiger partial charge >= 0.3 is 5.97 Å². The van der Waals surface area contributed by atoms with Crippen molar-refractivity contribution in [1.29, 1.82) is 0 Å². The average Bonchev–Trinajstić information content (AvgIpc) is 2.45. The van der Waals surface area contributed by atoms with Crippen LogP contribution in [0.3, 0.4) is 0 Å². The quantitative estimate of drug-likeness (QED) is 0.740. The summed E-state index contributed by atoms with van der Waals surface area (Å²) in [6, 6.07) is 6.91. The fourth-order valence-electron chi connectivity index (χ4n) is 1.72. The van der Waals surface area contributed by atoms with Crippen molar-refractivity contribution in [2.45, 2.75) is 13.3 Å². The van der Waals surface area contributed by atoms with E-state index in [-0.39, 0.29) is 18.9 Å². The third-order valence-electron chi connectivity index (χ3n) is 2.74. The summed E-state index contributed by atoms with van der Waals surface area (Å²) in [5.41, 5.74) is 0.432. The SMILES string of the molecule is C=CCOc1ccccc1C(=O)N(CC)CCC(=O)O. The van der Waals surface area contributed by atoms with Gasteiger partial charge in [0.15, 0.2) is 0 Å². The Hall–Kier alpha value is -2.30. The number of amides is 1. The molecular formula is C15H19NO4. The van der Waals surface area contributed by atoms with E-state index in [4.69, 9.17) is 9.84 Å². The zero-order chi connectivity index (χ0) is 15.0. The molecule has 0 heterocycles. The van der Waals surface area contributed by atoms with Crippen LogP contribution in [0.5, 0.6) is 5.75 Å². The normalized spacial score (nSPS) is 9.85. The topological polar surface area (TPSA) is 66.8 Å². The highest BCUT2D eigenvalue weighted by Gasteiger charge is 2.18. The van der Waals surface area contributed by atoms with Crippen molar-refractivity contribution < 1.29 is 19.4 Å². The number of aliphatic carboxylic acids is 1. The van der Waals surface area contributed by atoms with Crippen LogP contribution in [-0.4, -0.2) is 41.6 Å². The summed E-state index contributed by atoms with van der Waals surface area (Å²) < 4.78 is 5.45. The molecule has 1 aromatic carbocycles. The standard InChI is InChI=1S/C15H19NO4/c1-3-11-20-13-8-6-5-7-12(13)15(19)16(4-2)10-9-14(17)18/h3,5-8H,1,4,9-11H2,2H3,(H,17,18). The van der Waals surface area contributed by atoms with E-state index in [2.05, 4.69) is 6.58 Å². The van der Waals surface area contributed by atoms with Crippen LogP contribution in [0.4, 0.5) is 0 Å². The summed E-state index contributed by atoms with van der Waals surface area (Å²) in [5.74, 6) is -0.674. The van der Waals surface area contributed by atoms with E-state index >= 15 is 0 Å². The van der Waals surface area contributed by atoms with E-state index in [9.17, 15) is 9.59 Å². The molecule has 1 amide bonds. The Kier molecular flexibility index (Phi) is 6.29. The third kappa shape index (κ3) is 4.42. The molecule has 0 saturated heterocycles. The summed E-state index contributed by atoms with van der Waals surface area (Å²) in [6.07, 6.45) is 1.53. The minimum atomic E-state index is -0.924. The third-order valence-corrected chi connectivity index (χ3v) is 2.74. The molecule has 0 fully saturated rings. The number of benzene rings is 1. The highest BCUT2D eigenvalue weighted by Crippen LogP contribution is 2.20. The molecule has 108 valence electrons. The first-order chi connectivity index (χ1) is 9.60. The molecule has 0 spiro atoms. The van der Waals surface area contributed by atoms with Gasteiger partial charge in [-0.2, -0.15) is 0 Å². The van der Waals surface area contributed by atoms with E-state index < -0.39 is 5.97 Å². The lowest BCUT2D eigenvalue weighted by Crippen LogP contribution is -2.33. The van der Waals surface area contributed by atoms with Crippen LogP contribution in [0.2, 0.25) is 0 Å². The second kappa shape index (κ2) is 7.99. The molecular weight excluding hydrogens is 258 g/mol. The zero-order valence-corrected chi connectivity index (χ0v) is 11.5. The first-order valence-electron chi connectivity index (χ1n) is 6.44. The summed E-state index contributed by atoms with van der Waals surface area (Å²) in [4.78, 5) is 24.5. The van der Waals surface area contributed by atoms with Gasteiger partial charge in [0.25, 0.3) is 5.91 Å². The highest BCUT2D eigenvalue weighted by molar-refractivity contribution is 5.97. The molecule has 0 aliphatic rings. The van der Waals surface area contributed by atoms with Gasteiger partial charge in [-0.3, -0.25) is 9.59 Å². The van der Waals surface area contributed by atoms with Crippen molar-refractivity contribution in [2.75, 3.05) is 19.7 Å². The summed E-state index contributed by atoms with van der Waals surface area (Å²) in [7, 11) is 0. The van der Waals surface area contributed by atoms with Gasteiger partial charge in [-0.25, -0.2) is 0 Å². The molecule has 0 radical (unpaired) electrons. The van der Waals surface area contributed by atoms with E-state index in [1.165, 1.54) is 4.90 Å². The van der Waals surface area contributed by atoms with Crippen molar-refractivity contribution in [3.05, 3.63) is 42.5 Å². The number of carbonyl (C=O) groups excluding carboxylic acids is 1. The van der Waals surface area contributed by atoms with Gasteiger partial charge in [0.05, 0.1) is 12.0 Å². The average molecular weight is 277 g/mol. The van der Waals surface area contributed by atoms with Gasteiger partial charge in [-0.15, -0.1) is 0 Å². The molecule has 0 bridgehead atoms. The maximum atomic E-state index is 12.4. The molecule has 0 aromatic heterocycles. The number of rotatable bonds is 8. The first-order valence-corrected chi connectivity index (χ1v) is 6.44. The molecule has 0 aliphatic heterocycles. The predicted molar refractivity (Wildman–Crippen MR) is 76.0 cm³/mol. The van der Waals surface area contributed by atoms with Crippen LogP contribution in [0.1, 0.15) is 23.7 Å². The van der Waals surface area contributed by atoms with Crippen molar-refractivity contribution >= 4 is 11.9 Å². The van der Waals surface area contributed by atoms with Crippen LogP contribution in [-0.2, 0) is 4.79 Å².